The first-order valence-corrected chi connectivity index (χ1v) is 8.81. The fraction of sp³-hybridized carbons (Fsp3) is 0.353. The van der Waals surface area contributed by atoms with E-state index in [0.29, 0.717) is 6.04 Å². The molecule has 23 heavy (non-hydrogen) atoms. The Kier molecular flexibility index (Phi) is 4.17. The molecule has 3 heterocycles. The number of thiazole rings is 1. The molecule has 0 unspecified atom stereocenters. The van der Waals surface area contributed by atoms with Crippen LogP contribution in [0, 0.1) is 0 Å². The topological polar surface area (TPSA) is 53.9 Å². The average Bonchev–Trinajstić information content (AvgIpc) is 3.22. The Morgan fingerprint density at radius 1 is 1.22 bits per heavy atom. The molecule has 0 spiro atoms. The van der Waals surface area contributed by atoms with Gasteiger partial charge in [-0.2, -0.15) is 5.10 Å². The van der Waals surface area contributed by atoms with Crippen molar-refractivity contribution >= 4 is 27.4 Å². The van der Waals surface area contributed by atoms with Crippen molar-refractivity contribution in [3.63, 3.8) is 0 Å². The summed E-state index contributed by atoms with van der Waals surface area (Å²) < 4.78 is 1.26. The number of hydrogen-bond acceptors (Lipinski definition) is 6. The van der Waals surface area contributed by atoms with Crippen LogP contribution in [-0.4, -0.2) is 34.3 Å². The summed E-state index contributed by atoms with van der Waals surface area (Å²) in [5, 5.41) is 13.0. The van der Waals surface area contributed by atoms with Gasteiger partial charge in [0, 0.05) is 31.9 Å². The van der Waals surface area contributed by atoms with Gasteiger partial charge in [-0.3, -0.25) is 0 Å². The summed E-state index contributed by atoms with van der Waals surface area (Å²) in [7, 11) is 0. The Bertz CT molecular complexity index is 740. The van der Waals surface area contributed by atoms with E-state index in [0.717, 1.165) is 36.0 Å². The minimum atomic E-state index is 0.487. The fourth-order valence-corrected chi connectivity index (χ4v) is 4.07. The molecule has 1 aliphatic rings. The molecule has 4 rings (SSSR count). The Hall–Kier alpha value is -2.05. The zero-order valence-electron chi connectivity index (χ0n) is 12.9. The van der Waals surface area contributed by atoms with Crippen LogP contribution in [0.2, 0.25) is 0 Å². The summed E-state index contributed by atoms with van der Waals surface area (Å²) in [4.78, 5) is 7.03. The molecule has 6 heteroatoms. The highest BCUT2D eigenvalue weighted by Crippen LogP contribution is 2.23. The predicted octanol–water partition coefficient (Wildman–Crippen LogP) is 2.84. The Morgan fingerprint density at radius 3 is 3.04 bits per heavy atom. The molecule has 1 saturated heterocycles. The molecule has 1 aliphatic heterocycles. The van der Waals surface area contributed by atoms with Gasteiger partial charge in [0.15, 0.2) is 5.82 Å². The highest BCUT2D eigenvalue weighted by atomic mass is 32.1. The molecule has 0 bridgehead atoms. The Balaban J connectivity index is 1.37. The van der Waals surface area contributed by atoms with Crippen LogP contribution in [-0.2, 0) is 6.54 Å². The summed E-state index contributed by atoms with van der Waals surface area (Å²) >= 11 is 1.77. The number of benzene rings is 1. The lowest BCUT2D eigenvalue weighted by Crippen LogP contribution is -2.38. The number of anilines is 1. The number of nitrogens with zero attached hydrogens (tertiary/aromatic N) is 4. The third-order valence-electron chi connectivity index (χ3n) is 4.22. The first-order valence-electron chi connectivity index (χ1n) is 8.00. The lowest BCUT2D eigenvalue weighted by Gasteiger charge is -2.25. The second kappa shape index (κ2) is 6.60. The smallest absolute Gasteiger partial charge is 0.151 e. The Morgan fingerprint density at radius 2 is 2.17 bits per heavy atom. The average molecular weight is 325 g/mol. The monoisotopic (exact) mass is 325 g/mol. The van der Waals surface area contributed by atoms with Crippen LogP contribution in [0.1, 0.15) is 17.8 Å². The van der Waals surface area contributed by atoms with E-state index >= 15 is 0 Å². The second-order valence-electron chi connectivity index (χ2n) is 5.78. The Labute approximate surface area is 139 Å². The third-order valence-corrected chi connectivity index (χ3v) is 5.26. The summed E-state index contributed by atoms with van der Waals surface area (Å²) in [6, 6.07) is 12.8. The van der Waals surface area contributed by atoms with Gasteiger partial charge in [-0.25, -0.2) is 4.98 Å². The van der Waals surface area contributed by atoms with Gasteiger partial charge in [0.05, 0.1) is 10.2 Å². The zero-order chi connectivity index (χ0) is 15.5. The van der Waals surface area contributed by atoms with E-state index in [1.165, 1.54) is 17.5 Å². The van der Waals surface area contributed by atoms with Crippen LogP contribution >= 0.6 is 11.3 Å². The van der Waals surface area contributed by atoms with Gasteiger partial charge in [-0.1, -0.05) is 12.1 Å². The van der Waals surface area contributed by atoms with E-state index < -0.39 is 0 Å². The second-order valence-corrected chi connectivity index (χ2v) is 6.89. The molecule has 0 radical (unpaired) electrons. The van der Waals surface area contributed by atoms with Gasteiger partial charge in [0.2, 0.25) is 0 Å². The molecule has 1 aromatic carbocycles. The maximum atomic E-state index is 4.67. The molecule has 118 valence electrons. The van der Waals surface area contributed by atoms with E-state index in [1.54, 1.807) is 17.5 Å². The van der Waals surface area contributed by atoms with Crippen LogP contribution in [0.3, 0.4) is 0 Å². The van der Waals surface area contributed by atoms with Gasteiger partial charge in [-0.15, -0.1) is 16.4 Å². The lowest BCUT2D eigenvalue weighted by molar-refractivity contribution is 0.569. The van der Waals surface area contributed by atoms with E-state index in [-0.39, 0.29) is 0 Å². The first kappa shape index (κ1) is 14.5. The van der Waals surface area contributed by atoms with Gasteiger partial charge >= 0.3 is 0 Å². The molecule has 0 saturated carbocycles. The number of rotatable bonds is 5. The number of para-hydroxylation sites is 1. The summed E-state index contributed by atoms with van der Waals surface area (Å²) in [5.41, 5.74) is 1.09. The highest BCUT2D eigenvalue weighted by Gasteiger charge is 2.25. The SMILES string of the molecule is c1cnnc(N2CCC[C@@H]2CNCc2nc3ccccc3s2)c1. The van der Waals surface area contributed by atoms with Crippen molar-refractivity contribution in [2.24, 2.45) is 0 Å². The molecule has 2 aromatic heterocycles. The molecule has 1 atom stereocenters. The standard InChI is InChI=1S/C17H19N5S/c1-2-7-15-14(6-1)20-17(23-15)12-18-11-13-5-4-10-22(13)16-8-3-9-19-21-16/h1-3,6-9,13,18H,4-5,10-12H2/t13-/m1/s1. The van der Waals surface area contributed by atoms with Crippen molar-refractivity contribution in [2.75, 3.05) is 18.0 Å². The summed E-state index contributed by atoms with van der Waals surface area (Å²) in [6.07, 6.45) is 4.13. The number of nitrogens with one attached hydrogen (secondary N) is 1. The number of hydrogen-bond donors (Lipinski definition) is 1. The van der Waals surface area contributed by atoms with E-state index in [2.05, 4.69) is 43.6 Å². The molecular weight excluding hydrogens is 306 g/mol. The quantitative estimate of drug-likeness (QED) is 0.782. The lowest BCUT2D eigenvalue weighted by atomic mass is 10.2. The number of fused-ring (bicyclic) bond motifs is 1. The van der Waals surface area contributed by atoms with Gasteiger partial charge < -0.3 is 10.2 Å². The van der Waals surface area contributed by atoms with Crippen molar-refractivity contribution in [1.29, 1.82) is 0 Å². The van der Waals surface area contributed by atoms with Crippen LogP contribution in [0.5, 0.6) is 0 Å². The van der Waals surface area contributed by atoms with Crippen LogP contribution in [0.4, 0.5) is 5.82 Å². The molecule has 0 amide bonds. The highest BCUT2D eigenvalue weighted by molar-refractivity contribution is 7.18. The summed E-state index contributed by atoms with van der Waals surface area (Å²) in [6.45, 7) is 2.84. The van der Waals surface area contributed by atoms with Crippen molar-refractivity contribution < 1.29 is 0 Å². The minimum absolute atomic E-state index is 0.487. The molecule has 5 nitrogen and oxygen atoms in total. The first-order chi connectivity index (χ1) is 11.4. The zero-order valence-corrected chi connectivity index (χ0v) is 13.7. The van der Waals surface area contributed by atoms with Crippen molar-refractivity contribution in [3.8, 4) is 0 Å². The van der Waals surface area contributed by atoms with E-state index in [4.69, 9.17) is 0 Å². The largest absolute Gasteiger partial charge is 0.351 e. The molecule has 3 aromatic rings. The summed E-state index contributed by atoms with van der Waals surface area (Å²) in [5.74, 6) is 0.983. The van der Waals surface area contributed by atoms with Crippen molar-refractivity contribution in [2.45, 2.75) is 25.4 Å². The van der Waals surface area contributed by atoms with Crippen molar-refractivity contribution in [3.05, 3.63) is 47.6 Å². The molecule has 1 fully saturated rings. The third kappa shape index (κ3) is 3.18. The predicted molar refractivity (Wildman–Crippen MR) is 93.7 cm³/mol. The fourth-order valence-electron chi connectivity index (χ4n) is 3.14. The van der Waals surface area contributed by atoms with Gasteiger partial charge in [0.25, 0.3) is 0 Å². The minimum Gasteiger partial charge on any atom is -0.351 e. The van der Waals surface area contributed by atoms with Gasteiger partial charge in [0.1, 0.15) is 5.01 Å². The molecule has 1 N–H and O–H groups in total. The maximum Gasteiger partial charge on any atom is 0.151 e. The van der Waals surface area contributed by atoms with Crippen molar-refractivity contribution in [1.82, 2.24) is 20.5 Å². The van der Waals surface area contributed by atoms with Gasteiger partial charge in [-0.05, 0) is 37.1 Å². The van der Waals surface area contributed by atoms with E-state index in [9.17, 15) is 0 Å². The van der Waals surface area contributed by atoms with Crippen LogP contribution in [0.15, 0.2) is 42.6 Å². The maximum absolute atomic E-state index is 4.67. The van der Waals surface area contributed by atoms with E-state index in [1.807, 2.05) is 18.2 Å². The number of aromatic nitrogens is 3. The van der Waals surface area contributed by atoms with Crippen LogP contribution < -0.4 is 10.2 Å². The molecule has 0 aliphatic carbocycles. The normalized spacial score (nSPS) is 17.9. The molecular formula is C17H19N5S. The van der Waals surface area contributed by atoms with Crippen LogP contribution in [0.25, 0.3) is 10.2 Å².